The lowest BCUT2D eigenvalue weighted by molar-refractivity contribution is -0.139. The average molecular weight is 422 g/mol. The molecular formula is C22H25Cl2NO3. The van der Waals surface area contributed by atoms with Crippen molar-refractivity contribution in [1.82, 2.24) is 0 Å². The lowest BCUT2D eigenvalue weighted by Gasteiger charge is -2.41. The molecule has 0 amide bonds. The van der Waals surface area contributed by atoms with E-state index in [0.717, 1.165) is 17.7 Å². The molecule has 1 aliphatic heterocycles. The summed E-state index contributed by atoms with van der Waals surface area (Å²) in [7, 11) is 0. The summed E-state index contributed by atoms with van der Waals surface area (Å²) in [4.78, 5) is 30.9. The second kappa shape index (κ2) is 8.00. The predicted octanol–water partition coefficient (Wildman–Crippen LogP) is 5.76. The van der Waals surface area contributed by atoms with Gasteiger partial charge in [-0.05, 0) is 42.9 Å². The molecule has 0 N–H and O–H groups in total. The molecule has 1 aliphatic carbocycles. The molecule has 28 heavy (non-hydrogen) atoms. The third-order valence-corrected chi connectivity index (χ3v) is 6.12. The van der Waals surface area contributed by atoms with Crippen molar-refractivity contribution in [3.63, 3.8) is 0 Å². The van der Waals surface area contributed by atoms with E-state index in [1.807, 2.05) is 13.0 Å². The zero-order chi connectivity index (χ0) is 20.6. The van der Waals surface area contributed by atoms with Gasteiger partial charge in [-0.3, -0.25) is 9.79 Å². The molecule has 6 heteroatoms. The fourth-order valence-electron chi connectivity index (χ4n) is 4.29. The van der Waals surface area contributed by atoms with E-state index in [-0.39, 0.29) is 17.8 Å². The number of Topliss-reactive ketones (excluding diaryl/α,β-unsaturated/α-hetero) is 1. The zero-order valence-electron chi connectivity index (χ0n) is 16.6. The van der Waals surface area contributed by atoms with Gasteiger partial charge in [0, 0.05) is 18.1 Å². The molecule has 1 aromatic carbocycles. The molecule has 2 aliphatic rings. The number of allylic oxidation sites excluding steroid dienone is 1. The van der Waals surface area contributed by atoms with E-state index in [2.05, 4.69) is 13.8 Å². The summed E-state index contributed by atoms with van der Waals surface area (Å²) < 4.78 is 5.34. The highest BCUT2D eigenvalue weighted by Crippen LogP contribution is 2.48. The van der Waals surface area contributed by atoms with E-state index in [9.17, 15) is 9.59 Å². The second-order valence-corrected chi connectivity index (χ2v) is 8.96. The number of halogens is 2. The van der Waals surface area contributed by atoms with E-state index in [0.29, 0.717) is 34.2 Å². The minimum absolute atomic E-state index is 0.100. The smallest absolute Gasteiger partial charge is 0.336 e. The molecule has 0 bridgehead atoms. The number of carbonyl (C=O) groups is 2. The van der Waals surface area contributed by atoms with Crippen LogP contribution in [-0.4, -0.2) is 24.1 Å². The monoisotopic (exact) mass is 421 g/mol. The Morgan fingerprint density at radius 1 is 1.18 bits per heavy atom. The van der Waals surface area contributed by atoms with Gasteiger partial charge in [0.2, 0.25) is 0 Å². The average Bonchev–Trinajstić information content (AvgIpc) is 2.61. The summed E-state index contributed by atoms with van der Waals surface area (Å²) in [5.41, 5.74) is 2.64. The first-order valence-electron chi connectivity index (χ1n) is 9.63. The summed E-state index contributed by atoms with van der Waals surface area (Å²) in [6.07, 6.45) is 1.75. The number of carbonyl (C=O) groups excluding carboxylic acids is 2. The van der Waals surface area contributed by atoms with Crippen molar-refractivity contribution >= 4 is 40.7 Å². The van der Waals surface area contributed by atoms with Crippen molar-refractivity contribution in [3.8, 4) is 0 Å². The minimum atomic E-state index is -0.472. The number of rotatable bonds is 4. The predicted molar refractivity (Wildman–Crippen MR) is 112 cm³/mol. The largest absolute Gasteiger partial charge is 0.463 e. The van der Waals surface area contributed by atoms with Crippen LogP contribution in [0.5, 0.6) is 0 Å². The van der Waals surface area contributed by atoms with Crippen LogP contribution in [0.2, 0.25) is 10.0 Å². The second-order valence-electron chi connectivity index (χ2n) is 8.15. The number of ether oxygens (including phenoxy) is 1. The van der Waals surface area contributed by atoms with Crippen LogP contribution in [-0.2, 0) is 14.3 Å². The first kappa shape index (κ1) is 21.1. The molecule has 0 spiro atoms. The van der Waals surface area contributed by atoms with Gasteiger partial charge in [-0.15, -0.1) is 0 Å². The normalized spacial score (nSPS) is 23.9. The van der Waals surface area contributed by atoms with Gasteiger partial charge in [0.1, 0.15) is 5.78 Å². The Morgan fingerprint density at radius 2 is 1.89 bits per heavy atom. The third kappa shape index (κ3) is 3.90. The van der Waals surface area contributed by atoms with Crippen LogP contribution < -0.4 is 0 Å². The number of hydrogen-bond donors (Lipinski definition) is 0. The Kier molecular flexibility index (Phi) is 6.02. The van der Waals surface area contributed by atoms with Crippen LogP contribution in [0.3, 0.4) is 0 Å². The molecule has 2 atom stereocenters. The molecule has 1 saturated carbocycles. The lowest BCUT2D eigenvalue weighted by atomic mass is 9.63. The van der Waals surface area contributed by atoms with E-state index in [4.69, 9.17) is 32.9 Å². The van der Waals surface area contributed by atoms with Gasteiger partial charge in [0.15, 0.2) is 0 Å². The third-order valence-electron chi connectivity index (χ3n) is 5.39. The van der Waals surface area contributed by atoms with Crippen LogP contribution in [0.1, 0.15) is 58.4 Å². The van der Waals surface area contributed by atoms with Crippen molar-refractivity contribution in [2.24, 2.45) is 16.3 Å². The van der Waals surface area contributed by atoms with Crippen LogP contribution in [0.4, 0.5) is 0 Å². The number of nitrogens with zero attached hydrogens (tertiary/aromatic N) is 1. The lowest BCUT2D eigenvalue weighted by Crippen LogP contribution is -2.44. The highest BCUT2D eigenvalue weighted by Gasteiger charge is 2.48. The Labute approximate surface area is 176 Å². The van der Waals surface area contributed by atoms with Crippen LogP contribution in [0.15, 0.2) is 34.5 Å². The van der Waals surface area contributed by atoms with Crippen molar-refractivity contribution in [1.29, 1.82) is 0 Å². The van der Waals surface area contributed by atoms with E-state index >= 15 is 0 Å². The van der Waals surface area contributed by atoms with Crippen LogP contribution in [0, 0.1) is 11.3 Å². The maximum Gasteiger partial charge on any atom is 0.336 e. The summed E-state index contributed by atoms with van der Waals surface area (Å²) in [5, 5.41) is 0.830. The molecule has 0 saturated heterocycles. The highest BCUT2D eigenvalue weighted by atomic mass is 35.5. The minimum Gasteiger partial charge on any atom is -0.463 e. The van der Waals surface area contributed by atoms with Gasteiger partial charge < -0.3 is 4.74 Å². The molecule has 1 heterocycles. The molecule has 1 aromatic rings. The molecule has 3 rings (SSSR count). The molecule has 4 nitrogen and oxygen atoms in total. The Bertz CT molecular complexity index is 886. The van der Waals surface area contributed by atoms with Gasteiger partial charge in [-0.1, -0.05) is 50.0 Å². The zero-order valence-corrected chi connectivity index (χ0v) is 18.2. The van der Waals surface area contributed by atoms with Gasteiger partial charge in [-0.25, -0.2) is 4.79 Å². The standard InChI is InChI=1S/C22H25Cl2NO3/c1-5-15-20(21(27)28-6-2)18(12-7-8-13(23)14(24)9-12)19-16(25-15)10-22(3,4)11-17(19)26/h7-9,18-19H,5-6,10-11H2,1-4H3. The fourth-order valence-corrected chi connectivity index (χ4v) is 4.59. The highest BCUT2D eigenvalue weighted by molar-refractivity contribution is 6.42. The van der Waals surface area contributed by atoms with Crippen molar-refractivity contribution < 1.29 is 14.3 Å². The maximum atomic E-state index is 13.2. The number of ketones is 1. The van der Waals surface area contributed by atoms with Crippen molar-refractivity contribution in [2.45, 2.75) is 52.9 Å². The number of esters is 1. The summed E-state index contributed by atoms with van der Waals surface area (Å²) in [5.74, 6) is -1.25. The number of hydrogen-bond acceptors (Lipinski definition) is 4. The first-order chi connectivity index (χ1) is 13.2. The van der Waals surface area contributed by atoms with Crippen LogP contribution in [0.25, 0.3) is 0 Å². The maximum absolute atomic E-state index is 13.2. The van der Waals surface area contributed by atoms with Crippen LogP contribution >= 0.6 is 23.2 Å². The van der Waals surface area contributed by atoms with Crippen molar-refractivity contribution in [2.75, 3.05) is 6.61 Å². The topological polar surface area (TPSA) is 55.7 Å². The number of aliphatic imine (C=N–C) groups is 1. The van der Waals surface area contributed by atoms with Gasteiger partial charge in [-0.2, -0.15) is 0 Å². The fraction of sp³-hybridized carbons (Fsp3) is 0.500. The number of benzene rings is 1. The van der Waals surface area contributed by atoms with E-state index in [1.54, 1.807) is 19.1 Å². The van der Waals surface area contributed by atoms with E-state index < -0.39 is 17.8 Å². The quantitative estimate of drug-likeness (QED) is 0.580. The summed E-state index contributed by atoms with van der Waals surface area (Å²) in [6.45, 7) is 8.14. The Hall–Kier alpha value is -1.65. The number of fused-ring (bicyclic) bond motifs is 1. The molecule has 150 valence electrons. The molecule has 0 aromatic heterocycles. The first-order valence-corrected chi connectivity index (χ1v) is 10.4. The van der Waals surface area contributed by atoms with Crippen molar-refractivity contribution in [3.05, 3.63) is 45.1 Å². The summed E-state index contributed by atoms with van der Waals surface area (Å²) >= 11 is 12.4. The Morgan fingerprint density at radius 3 is 2.50 bits per heavy atom. The molecular weight excluding hydrogens is 397 g/mol. The molecule has 1 fully saturated rings. The van der Waals surface area contributed by atoms with Gasteiger partial charge in [0.25, 0.3) is 0 Å². The summed E-state index contributed by atoms with van der Waals surface area (Å²) in [6, 6.07) is 5.29. The van der Waals surface area contributed by atoms with E-state index in [1.165, 1.54) is 0 Å². The SMILES string of the molecule is CCOC(=O)C1=C(CC)N=C2CC(C)(C)CC(=O)C2C1c1ccc(Cl)c(Cl)c1. The molecule has 0 radical (unpaired) electrons. The van der Waals surface area contributed by atoms with Gasteiger partial charge >= 0.3 is 5.97 Å². The van der Waals surface area contributed by atoms with Gasteiger partial charge in [0.05, 0.1) is 33.8 Å². The Balaban J connectivity index is 2.22. The molecule has 2 unspecified atom stereocenters.